The van der Waals surface area contributed by atoms with Crippen molar-refractivity contribution in [3.05, 3.63) is 65.8 Å². The second-order valence-corrected chi connectivity index (χ2v) is 5.61. The maximum Gasteiger partial charge on any atom is 0.295 e. The predicted octanol–water partition coefficient (Wildman–Crippen LogP) is 1.02. The van der Waals surface area contributed by atoms with Crippen molar-refractivity contribution in [1.82, 2.24) is 14.6 Å². The fourth-order valence-corrected chi connectivity index (χ4v) is 2.84. The fourth-order valence-electron chi connectivity index (χ4n) is 1.73. The van der Waals surface area contributed by atoms with Crippen LogP contribution >= 0.6 is 22.9 Å². The Kier molecular flexibility index (Phi) is 3.11. The summed E-state index contributed by atoms with van der Waals surface area (Å²) in [6.07, 6.45) is 1.70. The molecule has 0 spiro atoms. The molecule has 0 atom stereocenters. The van der Waals surface area contributed by atoms with E-state index in [1.807, 2.05) is 6.07 Å². The van der Waals surface area contributed by atoms with Gasteiger partial charge in [-0.2, -0.15) is 14.6 Å². The van der Waals surface area contributed by atoms with E-state index in [0.717, 1.165) is 21.4 Å². The zero-order valence-electron chi connectivity index (χ0n) is 10.3. The number of aryl methyl sites for hydroxylation is 1. The van der Waals surface area contributed by atoms with E-state index in [0.29, 0.717) is 14.5 Å². The van der Waals surface area contributed by atoms with Crippen LogP contribution in [0.4, 0.5) is 0 Å². The average molecular weight is 306 g/mol. The predicted molar refractivity (Wildman–Crippen MR) is 78.4 cm³/mol. The number of aromatic nitrogens is 3. The summed E-state index contributed by atoms with van der Waals surface area (Å²) >= 11 is 7.03. The summed E-state index contributed by atoms with van der Waals surface area (Å²) in [7, 11) is 0. The Morgan fingerprint density at radius 1 is 1.35 bits per heavy atom. The highest BCUT2D eigenvalue weighted by Gasteiger charge is 2.08. The van der Waals surface area contributed by atoms with E-state index in [2.05, 4.69) is 10.1 Å². The first-order valence-corrected chi connectivity index (χ1v) is 6.92. The summed E-state index contributed by atoms with van der Waals surface area (Å²) in [6.45, 7) is 1.53. The molecule has 0 bridgehead atoms. The SMILES string of the molecule is Cc1nn2c(=O)/c(=C/c3cccc(Cl)c3)sc2nc1=O. The maximum absolute atomic E-state index is 12.2. The molecule has 0 saturated carbocycles. The molecule has 20 heavy (non-hydrogen) atoms. The molecule has 2 heterocycles. The van der Waals surface area contributed by atoms with Crippen LogP contribution in [0.1, 0.15) is 11.3 Å². The van der Waals surface area contributed by atoms with E-state index < -0.39 is 5.56 Å². The third-order valence-corrected chi connectivity index (χ3v) is 3.88. The summed E-state index contributed by atoms with van der Waals surface area (Å²) in [5, 5.41) is 4.54. The van der Waals surface area contributed by atoms with Crippen molar-refractivity contribution in [1.29, 1.82) is 0 Å². The summed E-state index contributed by atoms with van der Waals surface area (Å²) in [6, 6.07) is 7.15. The third kappa shape index (κ3) is 2.23. The first kappa shape index (κ1) is 13.0. The Labute approximate surface area is 121 Å². The molecule has 0 radical (unpaired) electrons. The summed E-state index contributed by atoms with van der Waals surface area (Å²) in [5.41, 5.74) is 0.300. The van der Waals surface area contributed by atoms with E-state index in [9.17, 15) is 9.59 Å². The van der Waals surface area contributed by atoms with Gasteiger partial charge in [-0.25, -0.2) is 0 Å². The highest BCUT2D eigenvalue weighted by molar-refractivity contribution is 7.15. The number of nitrogens with zero attached hydrogens (tertiary/aromatic N) is 3. The second kappa shape index (κ2) is 4.81. The van der Waals surface area contributed by atoms with E-state index in [1.54, 1.807) is 24.3 Å². The van der Waals surface area contributed by atoms with Crippen molar-refractivity contribution in [2.24, 2.45) is 0 Å². The van der Waals surface area contributed by atoms with Crippen molar-refractivity contribution in [3.8, 4) is 0 Å². The number of benzene rings is 1. The lowest BCUT2D eigenvalue weighted by Gasteiger charge is -1.91. The zero-order valence-corrected chi connectivity index (χ0v) is 11.9. The largest absolute Gasteiger partial charge is 0.295 e. The number of rotatable bonds is 1. The molecule has 0 saturated heterocycles. The molecule has 100 valence electrons. The van der Waals surface area contributed by atoms with Gasteiger partial charge in [-0.15, -0.1) is 0 Å². The van der Waals surface area contributed by atoms with Gasteiger partial charge in [0.1, 0.15) is 5.69 Å². The topological polar surface area (TPSA) is 64.3 Å². The monoisotopic (exact) mass is 305 g/mol. The van der Waals surface area contributed by atoms with Gasteiger partial charge < -0.3 is 0 Å². The standard InChI is InChI=1S/C13H8ClN3O2S/c1-7-11(18)15-13-17(16-7)12(19)10(20-13)6-8-3-2-4-9(14)5-8/h2-6H,1H3/b10-6-. The lowest BCUT2D eigenvalue weighted by atomic mass is 10.2. The number of hydrogen-bond donors (Lipinski definition) is 0. The molecule has 1 aromatic carbocycles. The van der Waals surface area contributed by atoms with Gasteiger partial charge in [0.25, 0.3) is 11.1 Å². The van der Waals surface area contributed by atoms with Gasteiger partial charge in [-0.05, 0) is 30.7 Å². The van der Waals surface area contributed by atoms with E-state index in [4.69, 9.17) is 11.6 Å². The van der Waals surface area contributed by atoms with Crippen LogP contribution < -0.4 is 15.7 Å². The fraction of sp³-hybridized carbons (Fsp3) is 0.0769. The first-order valence-electron chi connectivity index (χ1n) is 5.72. The Bertz CT molecular complexity index is 977. The average Bonchev–Trinajstić information content (AvgIpc) is 2.68. The van der Waals surface area contributed by atoms with Crippen molar-refractivity contribution >= 4 is 34.0 Å². The molecule has 0 aliphatic rings. The van der Waals surface area contributed by atoms with Crippen LogP contribution in [0.25, 0.3) is 11.0 Å². The van der Waals surface area contributed by atoms with Crippen molar-refractivity contribution in [3.63, 3.8) is 0 Å². The summed E-state index contributed by atoms with van der Waals surface area (Å²) < 4.78 is 1.61. The minimum Gasteiger partial charge on any atom is -0.266 e. The van der Waals surface area contributed by atoms with Crippen molar-refractivity contribution in [2.75, 3.05) is 0 Å². The van der Waals surface area contributed by atoms with Gasteiger partial charge in [0.05, 0.1) is 4.53 Å². The first-order chi connectivity index (χ1) is 9.54. The van der Waals surface area contributed by atoms with Crippen LogP contribution in [-0.4, -0.2) is 14.6 Å². The van der Waals surface area contributed by atoms with Crippen LogP contribution in [0.3, 0.4) is 0 Å². The zero-order chi connectivity index (χ0) is 14.3. The van der Waals surface area contributed by atoms with E-state index in [1.165, 1.54) is 6.92 Å². The quantitative estimate of drug-likeness (QED) is 0.673. The van der Waals surface area contributed by atoms with Crippen LogP contribution in [-0.2, 0) is 0 Å². The Balaban J connectivity index is 2.30. The lowest BCUT2D eigenvalue weighted by Crippen LogP contribution is -2.27. The molecule has 0 amide bonds. The van der Waals surface area contributed by atoms with Gasteiger partial charge in [0, 0.05) is 5.02 Å². The van der Waals surface area contributed by atoms with Gasteiger partial charge in [-0.3, -0.25) is 9.59 Å². The minimum atomic E-state index is -0.416. The molecule has 0 aliphatic carbocycles. The van der Waals surface area contributed by atoms with Crippen LogP contribution in [0.15, 0.2) is 33.9 Å². The van der Waals surface area contributed by atoms with Crippen LogP contribution in [0.5, 0.6) is 0 Å². The Morgan fingerprint density at radius 2 is 2.15 bits per heavy atom. The molecule has 2 aromatic heterocycles. The number of fused-ring (bicyclic) bond motifs is 1. The Hall–Kier alpha value is -2.05. The van der Waals surface area contributed by atoms with Gasteiger partial charge in [0.2, 0.25) is 4.96 Å². The van der Waals surface area contributed by atoms with E-state index in [-0.39, 0.29) is 11.3 Å². The highest BCUT2D eigenvalue weighted by Crippen LogP contribution is 2.11. The van der Waals surface area contributed by atoms with Crippen molar-refractivity contribution < 1.29 is 0 Å². The molecule has 0 aliphatic heterocycles. The normalized spacial score (nSPS) is 12.2. The van der Waals surface area contributed by atoms with Gasteiger partial charge in [-0.1, -0.05) is 35.1 Å². The molecule has 7 heteroatoms. The molecule has 0 unspecified atom stereocenters. The molecule has 3 rings (SSSR count). The molecular weight excluding hydrogens is 298 g/mol. The molecule has 5 nitrogen and oxygen atoms in total. The second-order valence-electron chi connectivity index (χ2n) is 4.17. The number of thiazole rings is 1. The summed E-state index contributed by atoms with van der Waals surface area (Å²) in [5.74, 6) is 0. The molecule has 0 fully saturated rings. The number of halogens is 1. The van der Waals surface area contributed by atoms with Crippen LogP contribution in [0, 0.1) is 6.92 Å². The third-order valence-electron chi connectivity index (χ3n) is 2.69. The van der Waals surface area contributed by atoms with E-state index >= 15 is 0 Å². The molecule has 0 N–H and O–H groups in total. The summed E-state index contributed by atoms with van der Waals surface area (Å²) in [4.78, 5) is 27.8. The minimum absolute atomic E-state index is 0.201. The molecular formula is C13H8ClN3O2S. The highest BCUT2D eigenvalue weighted by atomic mass is 35.5. The Morgan fingerprint density at radius 3 is 2.90 bits per heavy atom. The smallest absolute Gasteiger partial charge is 0.266 e. The van der Waals surface area contributed by atoms with Gasteiger partial charge in [0.15, 0.2) is 0 Å². The number of hydrogen-bond acceptors (Lipinski definition) is 5. The van der Waals surface area contributed by atoms with Gasteiger partial charge >= 0.3 is 0 Å². The van der Waals surface area contributed by atoms with Crippen LogP contribution in [0.2, 0.25) is 5.02 Å². The molecule has 3 aromatic rings. The lowest BCUT2D eigenvalue weighted by molar-refractivity contribution is 0.833. The maximum atomic E-state index is 12.2. The van der Waals surface area contributed by atoms with Crippen molar-refractivity contribution in [2.45, 2.75) is 6.92 Å².